The fraction of sp³-hybridized carbons (Fsp3) is 0.214. The normalized spacial score (nSPS) is 10.7. The second kappa shape index (κ2) is 6.79. The summed E-state index contributed by atoms with van der Waals surface area (Å²) >= 11 is 0. The highest BCUT2D eigenvalue weighted by atomic mass is 16.5. The van der Waals surface area contributed by atoms with Crippen LogP contribution in [0.25, 0.3) is 10.9 Å². The highest BCUT2D eigenvalue weighted by Crippen LogP contribution is 2.23. The van der Waals surface area contributed by atoms with E-state index < -0.39 is 5.91 Å². The molecule has 3 N–H and O–H groups in total. The molecule has 2 aromatic heterocycles. The predicted octanol–water partition coefficient (Wildman–Crippen LogP) is 1.06. The summed E-state index contributed by atoms with van der Waals surface area (Å²) in [6.45, 7) is 1.18. The molecule has 0 unspecified atom stereocenters. The van der Waals surface area contributed by atoms with Crippen molar-refractivity contribution in [2.45, 2.75) is 0 Å². The molecular weight excluding hydrogens is 298 g/mol. The molecule has 0 aliphatic heterocycles. The Bertz CT molecular complexity index is 804. The Hall–Kier alpha value is -3.07. The van der Waals surface area contributed by atoms with Crippen molar-refractivity contribution in [3.8, 4) is 0 Å². The first-order valence-corrected chi connectivity index (χ1v) is 6.95. The summed E-state index contributed by atoms with van der Waals surface area (Å²) in [7, 11) is 1.64. The van der Waals surface area contributed by atoms with Gasteiger partial charge >= 0.3 is 0 Å². The first kappa shape index (κ1) is 14.9. The van der Waals surface area contributed by atoms with Crippen LogP contribution in [0.4, 0.5) is 11.6 Å². The van der Waals surface area contributed by atoms with Gasteiger partial charge in [0.2, 0.25) is 0 Å². The van der Waals surface area contributed by atoms with Crippen molar-refractivity contribution in [2.75, 3.05) is 30.9 Å². The number of pyridine rings is 1. The summed E-state index contributed by atoms with van der Waals surface area (Å²) in [5.74, 6) is -0.314. The van der Waals surface area contributed by atoms with Gasteiger partial charge in [-0.2, -0.15) is 5.21 Å². The van der Waals surface area contributed by atoms with Gasteiger partial charge in [-0.05, 0) is 17.3 Å². The number of rotatable bonds is 6. The Labute approximate surface area is 131 Å². The molecular formula is C14H15N7O2. The largest absolute Gasteiger partial charge is 0.383 e. The van der Waals surface area contributed by atoms with Crippen LogP contribution in [0.1, 0.15) is 10.5 Å². The first-order valence-electron chi connectivity index (χ1n) is 6.95. The molecule has 0 saturated carbocycles. The molecule has 0 spiro atoms. The number of nitrogens with one attached hydrogen (secondary N) is 3. The Balaban J connectivity index is 1.92. The zero-order chi connectivity index (χ0) is 16.1. The molecule has 0 radical (unpaired) electrons. The number of nitrogens with zero attached hydrogens (tertiary/aromatic N) is 4. The summed E-state index contributed by atoms with van der Waals surface area (Å²) in [5.41, 5.74) is 1.78. The number of anilines is 2. The number of ether oxygens (including phenoxy) is 1. The topological polar surface area (TPSA) is 118 Å². The quantitative estimate of drug-likeness (QED) is 0.582. The summed E-state index contributed by atoms with van der Waals surface area (Å²) in [6, 6.07) is 9.27. The highest BCUT2D eigenvalue weighted by Gasteiger charge is 2.13. The van der Waals surface area contributed by atoms with Crippen molar-refractivity contribution in [3.05, 3.63) is 36.0 Å². The van der Waals surface area contributed by atoms with E-state index in [9.17, 15) is 4.79 Å². The smallest absolute Gasteiger partial charge is 0.276 e. The lowest BCUT2D eigenvalue weighted by Crippen LogP contribution is -2.16. The summed E-state index contributed by atoms with van der Waals surface area (Å²) in [4.78, 5) is 16.7. The average Bonchev–Trinajstić information content (AvgIpc) is 3.07. The van der Waals surface area contributed by atoms with Crippen LogP contribution in [0.15, 0.2) is 30.3 Å². The maximum Gasteiger partial charge on any atom is 0.276 e. The number of carbonyl (C=O) groups excluding carboxylic acids is 1. The maximum atomic E-state index is 12.3. The van der Waals surface area contributed by atoms with Crippen LogP contribution < -0.4 is 10.6 Å². The Morgan fingerprint density at radius 2 is 2.22 bits per heavy atom. The van der Waals surface area contributed by atoms with Crippen LogP contribution in [0, 0.1) is 0 Å². The Kier molecular flexibility index (Phi) is 4.39. The second-order valence-corrected chi connectivity index (χ2v) is 4.68. The number of methoxy groups -OCH3 is 1. The van der Waals surface area contributed by atoms with Crippen molar-refractivity contribution in [1.82, 2.24) is 25.6 Å². The first-order chi connectivity index (χ1) is 11.3. The number of hydrogen-bond donors (Lipinski definition) is 3. The third kappa shape index (κ3) is 3.40. The van der Waals surface area contributed by atoms with E-state index in [1.807, 2.05) is 24.3 Å². The van der Waals surface area contributed by atoms with Gasteiger partial charge in [-0.1, -0.05) is 23.3 Å². The lowest BCUT2D eigenvalue weighted by Gasteiger charge is -2.11. The second-order valence-electron chi connectivity index (χ2n) is 4.68. The molecule has 3 aromatic rings. The van der Waals surface area contributed by atoms with Crippen molar-refractivity contribution >= 4 is 28.4 Å². The Morgan fingerprint density at radius 1 is 1.35 bits per heavy atom. The third-order valence-corrected chi connectivity index (χ3v) is 3.14. The molecule has 0 bridgehead atoms. The summed E-state index contributed by atoms with van der Waals surface area (Å²) < 4.78 is 5.04. The van der Waals surface area contributed by atoms with Crippen LogP contribution in [-0.2, 0) is 4.74 Å². The molecule has 0 saturated heterocycles. The molecule has 9 heteroatoms. The molecule has 118 valence electrons. The molecule has 1 aromatic carbocycles. The van der Waals surface area contributed by atoms with Gasteiger partial charge in [-0.3, -0.25) is 10.1 Å². The van der Waals surface area contributed by atoms with Crippen molar-refractivity contribution in [3.63, 3.8) is 0 Å². The van der Waals surface area contributed by atoms with E-state index in [2.05, 4.69) is 36.2 Å². The molecule has 2 heterocycles. The zero-order valence-electron chi connectivity index (χ0n) is 12.4. The lowest BCUT2D eigenvalue weighted by molar-refractivity contribution is 0.102. The minimum Gasteiger partial charge on any atom is -0.383 e. The number of aromatic nitrogens is 5. The van der Waals surface area contributed by atoms with E-state index >= 15 is 0 Å². The number of carbonyl (C=O) groups is 1. The molecule has 0 aliphatic rings. The third-order valence-electron chi connectivity index (χ3n) is 3.14. The van der Waals surface area contributed by atoms with Crippen LogP contribution >= 0.6 is 0 Å². The van der Waals surface area contributed by atoms with Crippen molar-refractivity contribution < 1.29 is 9.53 Å². The maximum absolute atomic E-state index is 12.3. The fourth-order valence-electron chi connectivity index (χ4n) is 2.11. The SMILES string of the molecule is COCCNc1cc(C(=O)Nc2nn[nH]n2)nc2ccccc12. The molecule has 0 atom stereocenters. The number of para-hydroxylation sites is 1. The van der Waals surface area contributed by atoms with Crippen molar-refractivity contribution in [1.29, 1.82) is 0 Å². The van der Waals surface area contributed by atoms with Gasteiger partial charge < -0.3 is 10.1 Å². The van der Waals surface area contributed by atoms with E-state index in [1.54, 1.807) is 13.2 Å². The van der Waals surface area contributed by atoms with Gasteiger partial charge in [0.15, 0.2) is 0 Å². The van der Waals surface area contributed by atoms with Crippen LogP contribution in [-0.4, -0.2) is 51.8 Å². The molecule has 3 rings (SSSR count). The van der Waals surface area contributed by atoms with Gasteiger partial charge in [0.05, 0.1) is 12.1 Å². The molecule has 0 aliphatic carbocycles. The number of tetrazole rings is 1. The van der Waals surface area contributed by atoms with Gasteiger partial charge in [0, 0.05) is 24.7 Å². The van der Waals surface area contributed by atoms with E-state index in [1.165, 1.54) is 0 Å². The van der Waals surface area contributed by atoms with Crippen LogP contribution in [0.2, 0.25) is 0 Å². The van der Waals surface area contributed by atoms with Crippen LogP contribution in [0.3, 0.4) is 0 Å². The fourth-order valence-corrected chi connectivity index (χ4v) is 2.11. The van der Waals surface area contributed by atoms with Gasteiger partial charge in [0.25, 0.3) is 11.9 Å². The van der Waals surface area contributed by atoms with Gasteiger partial charge in [-0.15, -0.1) is 5.10 Å². The standard InChI is InChI=1S/C14H15N7O2/c1-23-7-6-15-11-8-12(13(22)17-14-18-20-21-19-14)16-10-5-3-2-4-9(10)11/h2-5,8H,6-7H2,1H3,(H,15,16)(H2,17,18,19,20,21,22). The van der Waals surface area contributed by atoms with Crippen molar-refractivity contribution in [2.24, 2.45) is 0 Å². The minimum absolute atomic E-state index is 0.0962. The highest BCUT2D eigenvalue weighted by molar-refractivity contribution is 6.05. The predicted molar refractivity (Wildman–Crippen MR) is 84.2 cm³/mol. The summed E-state index contributed by atoms with van der Waals surface area (Å²) in [6.07, 6.45) is 0. The molecule has 1 amide bonds. The number of aromatic amines is 1. The number of hydrogen-bond acceptors (Lipinski definition) is 7. The average molecular weight is 313 g/mol. The van der Waals surface area contributed by atoms with Gasteiger partial charge in [0.1, 0.15) is 5.69 Å². The Morgan fingerprint density at radius 3 is 3.00 bits per heavy atom. The number of amides is 1. The van der Waals surface area contributed by atoms with E-state index in [0.29, 0.717) is 18.7 Å². The molecule has 0 fully saturated rings. The van der Waals surface area contributed by atoms with Gasteiger partial charge in [-0.25, -0.2) is 4.98 Å². The zero-order valence-corrected chi connectivity index (χ0v) is 12.4. The molecule has 9 nitrogen and oxygen atoms in total. The summed E-state index contributed by atoms with van der Waals surface area (Å²) in [5, 5.41) is 19.7. The van der Waals surface area contributed by atoms with E-state index in [-0.39, 0.29) is 11.6 Å². The number of fused-ring (bicyclic) bond motifs is 1. The number of H-pyrrole nitrogens is 1. The van der Waals surface area contributed by atoms with E-state index in [0.717, 1.165) is 11.1 Å². The minimum atomic E-state index is -0.410. The van der Waals surface area contributed by atoms with E-state index in [4.69, 9.17) is 4.74 Å². The molecule has 23 heavy (non-hydrogen) atoms. The lowest BCUT2D eigenvalue weighted by atomic mass is 10.1. The monoisotopic (exact) mass is 313 g/mol. The number of benzene rings is 1. The van der Waals surface area contributed by atoms with Crippen LogP contribution in [0.5, 0.6) is 0 Å².